The number of aryl methyl sites for hydroxylation is 1. The summed E-state index contributed by atoms with van der Waals surface area (Å²) in [5.74, 6) is 0.982. The van der Waals surface area contributed by atoms with E-state index < -0.39 is 0 Å². The zero-order chi connectivity index (χ0) is 18.3. The highest BCUT2D eigenvalue weighted by Crippen LogP contribution is 2.27. The molecule has 5 nitrogen and oxygen atoms in total. The van der Waals surface area contributed by atoms with E-state index in [2.05, 4.69) is 21.8 Å². The molecule has 0 radical (unpaired) electrons. The fourth-order valence-electron chi connectivity index (χ4n) is 3.52. The van der Waals surface area contributed by atoms with Crippen molar-refractivity contribution in [1.29, 1.82) is 0 Å². The summed E-state index contributed by atoms with van der Waals surface area (Å²) < 4.78 is 0. The molecule has 1 N–H and O–H groups in total. The van der Waals surface area contributed by atoms with Gasteiger partial charge in [0.2, 0.25) is 5.91 Å². The zero-order valence-corrected chi connectivity index (χ0v) is 15.6. The van der Waals surface area contributed by atoms with Gasteiger partial charge in [-0.05, 0) is 43.7 Å². The number of nitrogens with zero attached hydrogens (tertiary/aromatic N) is 3. The van der Waals surface area contributed by atoms with E-state index in [-0.39, 0.29) is 11.9 Å². The summed E-state index contributed by atoms with van der Waals surface area (Å²) in [4.78, 5) is 24.8. The van der Waals surface area contributed by atoms with Crippen LogP contribution in [0, 0.1) is 6.92 Å². The highest BCUT2D eigenvalue weighted by molar-refractivity contribution is 6.31. The lowest BCUT2D eigenvalue weighted by Gasteiger charge is -2.37. The first-order valence-corrected chi connectivity index (χ1v) is 9.16. The second kappa shape index (κ2) is 6.74. The van der Waals surface area contributed by atoms with Crippen molar-refractivity contribution in [1.82, 2.24) is 14.9 Å². The second-order valence-electron chi connectivity index (χ2n) is 6.76. The molecule has 1 aliphatic heterocycles. The van der Waals surface area contributed by atoms with Crippen molar-refractivity contribution in [2.45, 2.75) is 19.9 Å². The van der Waals surface area contributed by atoms with Gasteiger partial charge in [-0.25, -0.2) is 4.98 Å². The van der Waals surface area contributed by atoms with Crippen LogP contribution in [-0.4, -0.2) is 40.4 Å². The molecule has 1 fully saturated rings. The Kier molecular flexibility index (Phi) is 4.42. The Morgan fingerprint density at radius 1 is 1.19 bits per heavy atom. The molecule has 0 bridgehead atoms. The highest BCUT2D eigenvalue weighted by atomic mass is 35.5. The van der Waals surface area contributed by atoms with Crippen LogP contribution in [0.2, 0.25) is 5.02 Å². The minimum absolute atomic E-state index is 0.0316. The molecule has 0 unspecified atom stereocenters. The number of imidazole rings is 1. The first kappa shape index (κ1) is 17.1. The minimum Gasteiger partial charge on any atom is -0.341 e. The molecule has 4 rings (SSSR count). The number of carbonyl (C=O) groups excluding carboxylic acids is 1. The van der Waals surface area contributed by atoms with Gasteiger partial charge < -0.3 is 9.88 Å². The van der Waals surface area contributed by atoms with Crippen molar-refractivity contribution < 1.29 is 4.79 Å². The zero-order valence-electron chi connectivity index (χ0n) is 14.9. The molecule has 1 aromatic heterocycles. The van der Waals surface area contributed by atoms with E-state index in [1.54, 1.807) is 0 Å². The van der Waals surface area contributed by atoms with E-state index in [1.807, 2.05) is 54.3 Å². The van der Waals surface area contributed by atoms with Crippen LogP contribution in [-0.2, 0) is 4.79 Å². The summed E-state index contributed by atoms with van der Waals surface area (Å²) in [6.07, 6.45) is 0. The lowest BCUT2D eigenvalue weighted by Crippen LogP contribution is -2.51. The van der Waals surface area contributed by atoms with Gasteiger partial charge in [0.1, 0.15) is 5.82 Å². The van der Waals surface area contributed by atoms with Gasteiger partial charge in [0.15, 0.2) is 0 Å². The Morgan fingerprint density at radius 2 is 2.00 bits per heavy atom. The molecule has 0 saturated carbocycles. The number of para-hydroxylation sites is 1. The molecule has 1 atom stereocenters. The molecule has 3 aromatic rings. The van der Waals surface area contributed by atoms with Crippen molar-refractivity contribution in [2.75, 3.05) is 24.5 Å². The molecule has 26 heavy (non-hydrogen) atoms. The van der Waals surface area contributed by atoms with Crippen molar-refractivity contribution in [2.24, 2.45) is 0 Å². The summed E-state index contributed by atoms with van der Waals surface area (Å²) in [5.41, 5.74) is 3.94. The number of halogens is 1. The van der Waals surface area contributed by atoms with Gasteiger partial charge in [-0.1, -0.05) is 29.8 Å². The second-order valence-corrected chi connectivity index (χ2v) is 7.20. The van der Waals surface area contributed by atoms with Crippen molar-refractivity contribution in [3.05, 3.63) is 58.9 Å². The van der Waals surface area contributed by atoms with E-state index in [0.717, 1.165) is 34.7 Å². The number of fused-ring (bicyclic) bond motifs is 1. The number of amides is 1. The summed E-state index contributed by atoms with van der Waals surface area (Å²) in [6.45, 7) is 5.99. The Bertz CT molecular complexity index is 967. The molecule has 6 heteroatoms. The molecule has 2 aromatic carbocycles. The van der Waals surface area contributed by atoms with Gasteiger partial charge in [0, 0.05) is 23.8 Å². The topological polar surface area (TPSA) is 52.2 Å². The van der Waals surface area contributed by atoms with Crippen LogP contribution in [0.25, 0.3) is 11.0 Å². The number of aromatic amines is 1. The van der Waals surface area contributed by atoms with E-state index in [4.69, 9.17) is 11.6 Å². The van der Waals surface area contributed by atoms with Gasteiger partial charge in [0.25, 0.3) is 0 Å². The monoisotopic (exact) mass is 368 g/mol. The van der Waals surface area contributed by atoms with E-state index in [1.165, 1.54) is 0 Å². The lowest BCUT2D eigenvalue weighted by atomic mass is 10.1. The van der Waals surface area contributed by atoms with E-state index >= 15 is 0 Å². The number of aromatic nitrogens is 2. The minimum atomic E-state index is 0.0316. The molecule has 1 amide bonds. The van der Waals surface area contributed by atoms with Crippen LogP contribution >= 0.6 is 11.6 Å². The standard InChI is InChI=1S/C20H21ClN4O/c1-13-5-3-4-6-18(13)25-10-9-24(12-19(25)26)14(2)20-22-16-8-7-15(21)11-17(16)23-20/h3-8,11,14H,9-10,12H2,1-2H3,(H,22,23)/t14-/m0/s1. The first-order chi connectivity index (χ1) is 12.5. The molecule has 1 saturated heterocycles. The van der Waals surface area contributed by atoms with Crippen molar-refractivity contribution in [3.63, 3.8) is 0 Å². The van der Waals surface area contributed by atoms with Gasteiger partial charge in [-0.15, -0.1) is 0 Å². The highest BCUT2D eigenvalue weighted by Gasteiger charge is 2.30. The van der Waals surface area contributed by atoms with Gasteiger partial charge in [0.05, 0.1) is 23.6 Å². The molecule has 0 aliphatic carbocycles. The predicted octanol–water partition coefficient (Wildman–Crippen LogP) is 3.93. The number of anilines is 1. The maximum absolute atomic E-state index is 12.7. The van der Waals surface area contributed by atoms with Crippen molar-refractivity contribution in [3.8, 4) is 0 Å². The summed E-state index contributed by atoms with van der Waals surface area (Å²) in [6, 6.07) is 13.7. The Morgan fingerprint density at radius 3 is 2.77 bits per heavy atom. The summed E-state index contributed by atoms with van der Waals surface area (Å²) in [5, 5.41) is 0.683. The van der Waals surface area contributed by atoms with E-state index in [0.29, 0.717) is 18.1 Å². The van der Waals surface area contributed by atoms with Crippen LogP contribution in [0.15, 0.2) is 42.5 Å². The van der Waals surface area contributed by atoms with Gasteiger partial charge in [-0.2, -0.15) is 0 Å². The van der Waals surface area contributed by atoms with Crippen LogP contribution < -0.4 is 4.90 Å². The number of carbonyl (C=O) groups is 1. The molecule has 2 heterocycles. The SMILES string of the molecule is Cc1ccccc1N1CCN([C@@H](C)c2nc3ccc(Cl)cc3[nH]2)CC1=O. The average Bonchev–Trinajstić information content (AvgIpc) is 3.05. The number of hydrogen-bond donors (Lipinski definition) is 1. The van der Waals surface area contributed by atoms with Crippen LogP contribution in [0.4, 0.5) is 5.69 Å². The van der Waals surface area contributed by atoms with Crippen molar-refractivity contribution >= 4 is 34.2 Å². The Labute approximate surface area is 157 Å². The number of benzene rings is 2. The summed E-state index contributed by atoms with van der Waals surface area (Å²) in [7, 11) is 0. The normalized spacial score (nSPS) is 17.0. The maximum atomic E-state index is 12.7. The van der Waals surface area contributed by atoms with Gasteiger partial charge >= 0.3 is 0 Å². The number of nitrogens with one attached hydrogen (secondary N) is 1. The number of piperazine rings is 1. The third-order valence-electron chi connectivity index (χ3n) is 5.06. The molecule has 0 spiro atoms. The number of rotatable bonds is 3. The average molecular weight is 369 g/mol. The smallest absolute Gasteiger partial charge is 0.241 e. The fraction of sp³-hybridized carbons (Fsp3) is 0.300. The quantitative estimate of drug-likeness (QED) is 0.762. The third kappa shape index (κ3) is 3.08. The first-order valence-electron chi connectivity index (χ1n) is 8.78. The van der Waals surface area contributed by atoms with Crippen LogP contribution in [0.3, 0.4) is 0 Å². The van der Waals surface area contributed by atoms with Crippen LogP contribution in [0.1, 0.15) is 24.4 Å². The Balaban J connectivity index is 1.52. The lowest BCUT2D eigenvalue weighted by molar-refractivity contribution is -0.122. The molecule has 1 aliphatic rings. The molecule has 134 valence electrons. The number of hydrogen-bond acceptors (Lipinski definition) is 3. The van der Waals surface area contributed by atoms with E-state index in [9.17, 15) is 4.79 Å². The summed E-state index contributed by atoms with van der Waals surface area (Å²) >= 11 is 6.05. The van der Waals surface area contributed by atoms with Crippen LogP contribution in [0.5, 0.6) is 0 Å². The third-order valence-corrected chi connectivity index (χ3v) is 5.30. The number of H-pyrrole nitrogens is 1. The molecular weight excluding hydrogens is 348 g/mol. The predicted molar refractivity (Wildman–Crippen MR) is 105 cm³/mol. The Hall–Kier alpha value is -2.37. The maximum Gasteiger partial charge on any atom is 0.241 e. The van der Waals surface area contributed by atoms with Gasteiger partial charge in [-0.3, -0.25) is 9.69 Å². The largest absolute Gasteiger partial charge is 0.341 e. The fourth-order valence-corrected chi connectivity index (χ4v) is 3.69. The molecular formula is C20H21ClN4O.